The highest BCUT2D eigenvalue weighted by Gasteiger charge is 2.42. The number of hydrogen-bond donors (Lipinski definition) is 2. The number of amides is 1. The number of sulfone groups is 1. The Kier molecular flexibility index (Phi) is 10.8. The second-order valence-electron chi connectivity index (χ2n) is 8.94. The van der Waals surface area contributed by atoms with Crippen molar-refractivity contribution in [3.05, 3.63) is 59.2 Å². The lowest BCUT2D eigenvalue weighted by atomic mass is 9.87. The smallest absolute Gasteiger partial charge is 0.373 e. The highest BCUT2D eigenvalue weighted by Crippen LogP contribution is 2.41. The maximum Gasteiger partial charge on any atom is 0.373 e. The SMILES string of the molecule is CCCC[C@]1(CC)CS(=O)(=O)c2cc(CCC(=O)NC)c(OC)cc2[C@@H](c2ccccc2)N1.O=C=O. The zero-order valence-electron chi connectivity index (χ0n) is 21.4. The van der Waals surface area contributed by atoms with Crippen molar-refractivity contribution in [3.8, 4) is 5.75 Å². The Labute approximate surface area is 213 Å². The van der Waals surface area contributed by atoms with Crippen LogP contribution < -0.4 is 15.4 Å². The average molecular weight is 517 g/mol. The average Bonchev–Trinajstić information content (AvgIpc) is 2.98. The molecule has 0 fully saturated rings. The first-order valence-electron chi connectivity index (χ1n) is 12.2. The lowest BCUT2D eigenvalue weighted by Crippen LogP contribution is -2.50. The molecule has 0 aliphatic carbocycles. The Morgan fingerprint density at radius 2 is 1.86 bits per heavy atom. The molecule has 9 heteroatoms. The van der Waals surface area contributed by atoms with E-state index in [1.807, 2.05) is 36.4 Å². The minimum absolute atomic E-state index is 0.0497. The maximum atomic E-state index is 13.8. The van der Waals surface area contributed by atoms with Crippen molar-refractivity contribution >= 4 is 21.9 Å². The molecule has 0 saturated heterocycles. The van der Waals surface area contributed by atoms with Crippen LogP contribution in [0.15, 0.2) is 47.4 Å². The molecule has 2 N–H and O–H groups in total. The molecule has 0 radical (unpaired) electrons. The van der Waals surface area contributed by atoms with E-state index in [0.29, 0.717) is 29.1 Å². The van der Waals surface area contributed by atoms with Crippen LogP contribution in [-0.2, 0) is 30.6 Å². The molecule has 0 bridgehead atoms. The Bertz CT molecular complexity index is 1160. The highest BCUT2D eigenvalue weighted by atomic mass is 32.2. The number of rotatable bonds is 9. The topological polar surface area (TPSA) is 119 Å². The van der Waals surface area contributed by atoms with Gasteiger partial charge in [0.15, 0.2) is 9.84 Å². The van der Waals surface area contributed by atoms with Gasteiger partial charge in [-0.1, -0.05) is 57.0 Å². The number of carbonyl (C=O) groups is 1. The van der Waals surface area contributed by atoms with E-state index in [1.54, 1.807) is 20.2 Å². The van der Waals surface area contributed by atoms with Gasteiger partial charge in [-0.2, -0.15) is 9.59 Å². The molecule has 0 spiro atoms. The molecule has 2 aromatic rings. The third-order valence-electron chi connectivity index (χ3n) is 6.69. The second-order valence-corrected chi connectivity index (χ2v) is 10.9. The molecular formula is C27H36N2O6S. The largest absolute Gasteiger partial charge is 0.496 e. The molecule has 1 amide bonds. The predicted octanol–water partition coefficient (Wildman–Crippen LogP) is 3.60. The summed E-state index contributed by atoms with van der Waals surface area (Å²) in [6.45, 7) is 4.19. The van der Waals surface area contributed by atoms with Crippen LogP contribution in [0.5, 0.6) is 5.75 Å². The van der Waals surface area contributed by atoms with Crippen LogP contribution in [0.1, 0.15) is 68.7 Å². The molecule has 2 atom stereocenters. The molecule has 3 rings (SSSR count). The molecule has 0 unspecified atom stereocenters. The third-order valence-corrected chi connectivity index (χ3v) is 8.65. The standard InChI is InChI=1S/C26H36N2O4S.CO2/c1-5-7-15-26(6-2)18-33(30,31)23-16-20(13-14-24(29)27-3)22(32-4)17-21(23)25(28-26)19-11-9-8-10-12-19;2-1-3/h8-12,16-17,25,28H,5-7,13-15,18H2,1-4H3,(H,27,29);/t25-,26-;/m1./s1. The molecule has 8 nitrogen and oxygen atoms in total. The van der Waals surface area contributed by atoms with Gasteiger partial charge in [0.2, 0.25) is 5.91 Å². The summed E-state index contributed by atoms with van der Waals surface area (Å²) in [6, 6.07) is 13.3. The van der Waals surface area contributed by atoms with E-state index in [-0.39, 0.29) is 30.3 Å². The van der Waals surface area contributed by atoms with Gasteiger partial charge in [0.05, 0.1) is 23.8 Å². The van der Waals surface area contributed by atoms with E-state index < -0.39 is 15.4 Å². The number of aryl methyl sites for hydroxylation is 1. The van der Waals surface area contributed by atoms with Crippen molar-refractivity contribution in [2.75, 3.05) is 19.9 Å². The Morgan fingerprint density at radius 1 is 1.19 bits per heavy atom. The molecule has 1 aliphatic heterocycles. The van der Waals surface area contributed by atoms with E-state index in [0.717, 1.165) is 30.4 Å². The second kappa shape index (κ2) is 13.3. The summed E-state index contributed by atoms with van der Waals surface area (Å²) >= 11 is 0. The fraction of sp³-hybridized carbons (Fsp3) is 0.481. The molecule has 2 aromatic carbocycles. The maximum absolute atomic E-state index is 13.8. The predicted molar refractivity (Wildman–Crippen MR) is 136 cm³/mol. The zero-order chi connectivity index (χ0) is 26.8. The normalized spacial score (nSPS) is 20.1. The summed E-state index contributed by atoms with van der Waals surface area (Å²) in [5, 5.41) is 6.39. The number of nitrogens with one attached hydrogen (secondary N) is 2. The van der Waals surface area contributed by atoms with Crippen LogP contribution in [0, 0.1) is 0 Å². The zero-order valence-corrected chi connectivity index (χ0v) is 22.2. The molecule has 1 aliphatic rings. The van der Waals surface area contributed by atoms with E-state index in [9.17, 15) is 13.2 Å². The van der Waals surface area contributed by atoms with Crippen molar-refractivity contribution in [2.45, 2.75) is 68.8 Å². The van der Waals surface area contributed by atoms with E-state index in [2.05, 4.69) is 24.5 Å². The fourth-order valence-corrected chi connectivity index (χ4v) is 6.86. The van der Waals surface area contributed by atoms with Gasteiger partial charge in [-0.3, -0.25) is 10.1 Å². The quantitative estimate of drug-likeness (QED) is 0.523. The van der Waals surface area contributed by atoms with Crippen molar-refractivity contribution in [2.24, 2.45) is 0 Å². The first-order valence-corrected chi connectivity index (χ1v) is 13.8. The lowest BCUT2D eigenvalue weighted by Gasteiger charge is -2.36. The molecule has 196 valence electrons. The first-order chi connectivity index (χ1) is 17.2. The summed E-state index contributed by atoms with van der Waals surface area (Å²) in [4.78, 5) is 28.4. The summed E-state index contributed by atoms with van der Waals surface area (Å²) in [7, 11) is -0.403. The van der Waals surface area contributed by atoms with Gasteiger partial charge in [0.25, 0.3) is 0 Å². The highest BCUT2D eigenvalue weighted by molar-refractivity contribution is 7.91. The number of ether oxygens (including phenoxy) is 1. The summed E-state index contributed by atoms with van der Waals surface area (Å²) in [5.41, 5.74) is 1.93. The lowest BCUT2D eigenvalue weighted by molar-refractivity contribution is -0.191. The fourth-order valence-electron chi connectivity index (χ4n) is 4.69. The van der Waals surface area contributed by atoms with Gasteiger partial charge in [-0.05, 0) is 48.1 Å². The van der Waals surface area contributed by atoms with Gasteiger partial charge >= 0.3 is 6.15 Å². The van der Waals surface area contributed by atoms with Crippen molar-refractivity contribution in [1.82, 2.24) is 10.6 Å². The Hall–Kier alpha value is -3.00. The van der Waals surface area contributed by atoms with Crippen LogP contribution in [0.25, 0.3) is 0 Å². The van der Waals surface area contributed by atoms with Gasteiger partial charge in [-0.25, -0.2) is 8.42 Å². The number of fused-ring (bicyclic) bond motifs is 1. The van der Waals surface area contributed by atoms with Crippen LogP contribution in [0.3, 0.4) is 0 Å². The van der Waals surface area contributed by atoms with Crippen molar-refractivity contribution in [1.29, 1.82) is 0 Å². The van der Waals surface area contributed by atoms with E-state index >= 15 is 0 Å². The van der Waals surface area contributed by atoms with Gasteiger partial charge in [-0.15, -0.1) is 0 Å². The van der Waals surface area contributed by atoms with Crippen LogP contribution >= 0.6 is 0 Å². The first kappa shape index (κ1) is 29.2. The third kappa shape index (κ3) is 7.03. The van der Waals surface area contributed by atoms with Crippen molar-refractivity contribution < 1.29 is 27.5 Å². The molecule has 36 heavy (non-hydrogen) atoms. The molecular weight excluding hydrogens is 480 g/mol. The monoisotopic (exact) mass is 516 g/mol. The minimum atomic E-state index is -3.58. The number of carbonyl (C=O) groups excluding carboxylic acids is 3. The summed E-state index contributed by atoms with van der Waals surface area (Å²) < 4.78 is 33.2. The van der Waals surface area contributed by atoms with E-state index in [1.165, 1.54) is 0 Å². The Balaban J connectivity index is 0.00000145. The van der Waals surface area contributed by atoms with Crippen LogP contribution in [0.2, 0.25) is 0 Å². The van der Waals surface area contributed by atoms with Gasteiger partial charge in [0, 0.05) is 19.0 Å². The van der Waals surface area contributed by atoms with Gasteiger partial charge in [0.1, 0.15) is 5.75 Å². The summed E-state index contributed by atoms with van der Waals surface area (Å²) in [6.07, 6.45) is 4.38. The number of methoxy groups -OCH3 is 1. The number of benzene rings is 2. The molecule has 1 heterocycles. The number of hydrogen-bond acceptors (Lipinski definition) is 7. The molecule has 0 saturated carbocycles. The molecule has 0 aromatic heterocycles. The van der Waals surface area contributed by atoms with Crippen LogP contribution in [0.4, 0.5) is 0 Å². The Morgan fingerprint density at radius 3 is 2.42 bits per heavy atom. The number of unbranched alkanes of at least 4 members (excludes halogenated alkanes) is 1. The minimum Gasteiger partial charge on any atom is -0.496 e. The van der Waals surface area contributed by atoms with Gasteiger partial charge < -0.3 is 10.1 Å². The van der Waals surface area contributed by atoms with Crippen molar-refractivity contribution in [3.63, 3.8) is 0 Å². The summed E-state index contributed by atoms with van der Waals surface area (Å²) in [5.74, 6) is 0.560. The van der Waals surface area contributed by atoms with Crippen LogP contribution in [-0.4, -0.2) is 45.9 Å². The van der Waals surface area contributed by atoms with E-state index in [4.69, 9.17) is 14.3 Å².